The van der Waals surface area contributed by atoms with Gasteiger partial charge in [0.1, 0.15) is 5.60 Å². The van der Waals surface area contributed by atoms with Gasteiger partial charge >= 0.3 is 0 Å². The molecule has 0 aromatic carbocycles. The molecule has 2 rings (SSSR count). The molecule has 3 nitrogen and oxygen atoms in total. The van der Waals surface area contributed by atoms with Crippen LogP contribution in [0.1, 0.15) is 31.4 Å². The molecule has 0 radical (unpaired) electrons. The molecule has 78 valence electrons. The average molecular weight is 195 g/mol. The third-order valence-corrected chi connectivity index (χ3v) is 3.11. The quantitative estimate of drug-likeness (QED) is 0.755. The number of hydrogen-bond donors (Lipinski definition) is 2. The highest BCUT2D eigenvalue weighted by atomic mass is 16.5. The molecule has 0 amide bonds. The molecular weight excluding hydrogens is 178 g/mol. The normalized spacial score (nSPS) is 33.1. The minimum Gasteiger partial charge on any atom is -0.384 e. The molecule has 2 N–H and O–H groups in total. The van der Waals surface area contributed by atoms with Crippen LogP contribution in [-0.4, -0.2) is 23.3 Å². The molecule has 1 aliphatic carbocycles. The number of aliphatic hydroxyl groups is 1. The Hall–Kier alpha value is -0.800. The fraction of sp³-hybridized carbons (Fsp3) is 0.636. The standard InChI is InChI=1S/C11H17NO2/c1-14-9-4-2-6-11(13,8-9)10-5-3-7-12-10/h3,5,7,9,12-13H,2,4,6,8H2,1H3. The summed E-state index contributed by atoms with van der Waals surface area (Å²) >= 11 is 0. The Morgan fingerprint density at radius 1 is 1.64 bits per heavy atom. The number of aromatic nitrogens is 1. The number of ether oxygens (including phenoxy) is 1. The van der Waals surface area contributed by atoms with Crippen LogP contribution < -0.4 is 0 Å². The van der Waals surface area contributed by atoms with E-state index in [2.05, 4.69) is 4.98 Å². The summed E-state index contributed by atoms with van der Waals surface area (Å²) in [6.45, 7) is 0. The van der Waals surface area contributed by atoms with Crippen molar-refractivity contribution in [2.45, 2.75) is 37.4 Å². The highest BCUT2D eigenvalue weighted by molar-refractivity contribution is 5.14. The van der Waals surface area contributed by atoms with Crippen LogP contribution in [0.25, 0.3) is 0 Å². The summed E-state index contributed by atoms with van der Waals surface area (Å²) in [5, 5.41) is 10.4. The lowest BCUT2D eigenvalue weighted by Gasteiger charge is -2.35. The Morgan fingerprint density at radius 2 is 2.50 bits per heavy atom. The first-order chi connectivity index (χ1) is 6.74. The van der Waals surface area contributed by atoms with Gasteiger partial charge in [-0.3, -0.25) is 0 Å². The molecule has 14 heavy (non-hydrogen) atoms. The van der Waals surface area contributed by atoms with Crippen molar-refractivity contribution in [1.29, 1.82) is 0 Å². The fourth-order valence-electron chi connectivity index (χ4n) is 2.27. The van der Waals surface area contributed by atoms with Gasteiger partial charge in [0, 0.05) is 25.4 Å². The molecule has 0 spiro atoms. The maximum Gasteiger partial charge on any atom is 0.107 e. The first-order valence-electron chi connectivity index (χ1n) is 5.14. The van der Waals surface area contributed by atoms with Crippen molar-refractivity contribution in [3.63, 3.8) is 0 Å². The maximum absolute atomic E-state index is 10.4. The maximum atomic E-state index is 10.4. The van der Waals surface area contributed by atoms with E-state index in [4.69, 9.17) is 4.74 Å². The van der Waals surface area contributed by atoms with Crippen LogP contribution in [0.3, 0.4) is 0 Å². The van der Waals surface area contributed by atoms with Crippen molar-refractivity contribution in [2.75, 3.05) is 7.11 Å². The van der Waals surface area contributed by atoms with Gasteiger partial charge in [-0.1, -0.05) is 0 Å². The molecule has 2 atom stereocenters. The van der Waals surface area contributed by atoms with Crippen LogP contribution in [0.15, 0.2) is 18.3 Å². The highest BCUT2D eigenvalue weighted by Gasteiger charge is 2.36. The summed E-state index contributed by atoms with van der Waals surface area (Å²) in [4.78, 5) is 3.09. The molecule has 1 aliphatic rings. The molecule has 1 heterocycles. The van der Waals surface area contributed by atoms with Crippen LogP contribution in [-0.2, 0) is 10.3 Å². The average Bonchev–Trinajstić information content (AvgIpc) is 2.71. The predicted octanol–water partition coefficient (Wildman–Crippen LogP) is 1.79. The predicted molar refractivity (Wildman–Crippen MR) is 54.0 cm³/mol. The van der Waals surface area contributed by atoms with E-state index < -0.39 is 5.60 Å². The van der Waals surface area contributed by atoms with Crippen molar-refractivity contribution in [3.8, 4) is 0 Å². The molecule has 1 aromatic rings. The van der Waals surface area contributed by atoms with Gasteiger partial charge in [-0.15, -0.1) is 0 Å². The summed E-state index contributed by atoms with van der Waals surface area (Å²) in [7, 11) is 1.71. The zero-order valence-corrected chi connectivity index (χ0v) is 8.49. The molecule has 1 fully saturated rings. The number of methoxy groups -OCH3 is 1. The van der Waals surface area contributed by atoms with Gasteiger partial charge in [0.15, 0.2) is 0 Å². The van der Waals surface area contributed by atoms with E-state index >= 15 is 0 Å². The molecule has 1 saturated carbocycles. The summed E-state index contributed by atoms with van der Waals surface area (Å²) in [6, 6.07) is 3.86. The first kappa shape index (κ1) is 9.74. The van der Waals surface area contributed by atoms with Gasteiger partial charge in [0.2, 0.25) is 0 Å². The van der Waals surface area contributed by atoms with Gasteiger partial charge in [-0.2, -0.15) is 0 Å². The number of nitrogens with one attached hydrogen (secondary N) is 1. The van der Waals surface area contributed by atoms with Crippen LogP contribution >= 0.6 is 0 Å². The van der Waals surface area contributed by atoms with Crippen molar-refractivity contribution in [3.05, 3.63) is 24.0 Å². The van der Waals surface area contributed by atoms with Crippen molar-refractivity contribution < 1.29 is 9.84 Å². The Labute approximate surface area is 84.1 Å². The minimum atomic E-state index is -0.706. The van der Waals surface area contributed by atoms with Gasteiger partial charge in [0.05, 0.1) is 6.10 Å². The molecule has 2 unspecified atom stereocenters. The Balaban J connectivity index is 2.15. The van der Waals surface area contributed by atoms with Gasteiger partial charge < -0.3 is 14.8 Å². The van der Waals surface area contributed by atoms with Crippen molar-refractivity contribution in [1.82, 2.24) is 4.98 Å². The molecule has 0 aliphatic heterocycles. The van der Waals surface area contributed by atoms with Crippen LogP contribution in [0, 0.1) is 0 Å². The lowest BCUT2D eigenvalue weighted by Crippen LogP contribution is -2.36. The van der Waals surface area contributed by atoms with E-state index in [9.17, 15) is 5.11 Å². The van der Waals surface area contributed by atoms with Crippen LogP contribution in [0.4, 0.5) is 0 Å². The topological polar surface area (TPSA) is 45.2 Å². The zero-order chi connectivity index (χ0) is 10.0. The highest BCUT2D eigenvalue weighted by Crippen LogP contribution is 2.37. The largest absolute Gasteiger partial charge is 0.384 e. The molecule has 3 heteroatoms. The van der Waals surface area contributed by atoms with Gasteiger partial charge in [-0.25, -0.2) is 0 Å². The third-order valence-electron chi connectivity index (χ3n) is 3.11. The van der Waals surface area contributed by atoms with Crippen LogP contribution in [0.2, 0.25) is 0 Å². The van der Waals surface area contributed by atoms with E-state index in [-0.39, 0.29) is 6.10 Å². The summed E-state index contributed by atoms with van der Waals surface area (Å²) in [6.07, 6.45) is 5.64. The van der Waals surface area contributed by atoms with E-state index in [0.717, 1.165) is 25.0 Å². The van der Waals surface area contributed by atoms with E-state index in [1.54, 1.807) is 7.11 Å². The molecule has 0 bridgehead atoms. The second-order valence-electron chi connectivity index (χ2n) is 4.07. The van der Waals surface area contributed by atoms with E-state index in [1.807, 2.05) is 18.3 Å². The Kier molecular flexibility index (Phi) is 2.61. The second kappa shape index (κ2) is 3.75. The molecular formula is C11H17NO2. The number of hydrogen-bond acceptors (Lipinski definition) is 2. The fourth-order valence-corrected chi connectivity index (χ4v) is 2.27. The summed E-state index contributed by atoms with van der Waals surface area (Å²) in [5.74, 6) is 0. The number of H-pyrrole nitrogens is 1. The minimum absolute atomic E-state index is 0.192. The lowest BCUT2D eigenvalue weighted by molar-refractivity contribution is -0.0654. The number of rotatable bonds is 2. The Morgan fingerprint density at radius 3 is 3.14 bits per heavy atom. The third kappa shape index (κ3) is 1.70. The summed E-state index contributed by atoms with van der Waals surface area (Å²) < 4.78 is 5.31. The molecule has 0 saturated heterocycles. The summed E-state index contributed by atoms with van der Waals surface area (Å²) in [5.41, 5.74) is 0.210. The van der Waals surface area contributed by atoms with Crippen molar-refractivity contribution in [2.24, 2.45) is 0 Å². The van der Waals surface area contributed by atoms with Crippen LogP contribution in [0.5, 0.6) is 0 Å². The molecule has 1 aromatic heterocycles. The lowest BCUT2D eigenvalue weighted by atomic mass is 9.81. The monoisotopic (exact) mass is 195 g/mol. The number of aromatic amines is 1. The Bertz CT molecular complexity index is 283. The zero-order valence-electron chi connectivity index (χ0n) is 8.49. The smallest absolute Gasteiger partial charge is 0.107 e. The van der Waals surface area contributed by atoms with E-state index in [1.165, 1.54) is 0 Å². The SMILES string of the molecule is COC1CCCC(O)(c2ccc[nH]2)C1. The first-order valence-corrected chi connectivity index (χ1v) is 5.14. The van der Waals surface area contributed by atoms with Gasteiger partial charge in [0.25, 0.3) is 0 Å². The second-order valence-corrected chi connectivity index (χ2v) is 4.07. The van der Waals surface area contributed by atoms with Gasteiger partial charge in [-0.05, 0) is 31.4 Å². The van der Waals surface area contributed by atoms with E-state index in [0.29, 0.717) is 6.42 Å². The van der Waals surface area contributed by atoms with Crippen molar-refractivity contribution >= 4 is 0 Å².